The summed E-state index contributed by atoms with van der Waals surface area (Å²) in [6, 6.07) is 1.03. The van der Waals surface area contributed by atoms with Crippen LogP contribution in [-0.4, -0.2) is 24.0 Å². The Labute approximate surface area is 105 Å². The predicted molar refractivity (Wildman–Crippen MR) is 68.9 cm³/mol. The van der Waals surface area contributed by atoms with Crippen LogP contribution in [0.1, 0.15) is 44.9 Å². The van der Waals surface area contributed by atoms with Gasteiger partial charge in [-0.2, -0.15) is 0 Å². The van der Waals surface area contributed by atoms with Gasteiger partial charge in [-0.25, -0.2) is 0 Å². The number of hydrogen-bond donors (Lipinski definition) is 0. The Kier molecular flexibility index (Phi) is 2.96. The van der Waals surface area contributed by atoms with Gasteiger partial charge in [-0.3, -0.25) is 4.90 Å². The van der Waals surface area contributed by atoms with Crippen molar-refractivity contribution in [1.82, 2.24) is 4.90 Å². The third-order valence-corrected chi connectivity index (χ3v) is 5.74. The maximum absolute atomic E-state index is 2.87. The fraction of sp³-hybridized carbons (Fsp3) is 1.00. The lowest BCUT2D eigenvalue weighted by Gasteiger charge is -2.56. The van der Waals surface area contributed by atoms with Crippen molar-refractivity contribution in [1.29, 1.82) is 0 Å². The molecule has 0 radical (unpaired) electrons. The van der Waals surface area contributed by atoms with Gasteiger partial charge in [0.1, 0.15) is 0 Å². The molecule has 0 amide bonds. The van der Waals surface area contributed by atoms with Crippen molar-refractivity contribution in [3.8, 4) is 0 Å². The van der Waals surface area contributed by atoms with Crippen LogP contribution in [0.25, 0.3) is 0 Å². The molecule has 0 aromatic rings. The Hall–Kier alpha value is 0.250. The Morgan fingerprint density at radius 3 is 1.69 bits per heavy atom. The molecule has 0 unspecified atom stereocenters. The second-order valence-electron chi connectivity index (χ2n) is 6.66. The summed E-state index contributed by atoms with van der Waals surface area (Å²) in [5, 5.41) is 0. The van der Waals surface area contributed by atoms with E-state index < -0.39 is 0 Å². The van der Waals surface area contributed by atoms with Crippen LogP contribution in [0.5, 0.6) is 0 Å². The minimum atomic E-state index is 0. The molecule has 0 N–H and O–H groups in total. The zero-order valence-electron chi connectivity index (χ0n) is 10.1. The van der Waals surface area contributed by atoms with Gasteiger partial charge in [0.05, 0.1) is 0 Å². The first kappa shape index (κ1) is 11.3. The smallest absolute Gasteiger partial charge is 0.0152 e. The van der Waals surface area contributed by atoms with Crippen LogP contribution in [-0.2, 0) is 0 Å². The highest BCUT2D eigenvalue weighted by Crippen LogP contribution is 2.55. The Morgan fingerprint density at radius 2 is 1.19 bits per heavy atom. The van der Waals surface area contributed by atoms with Gasteiger partial charge in [0.2, 0.25) is 0 Å². The monoisotopic (exact) mass is 241 g/mol. The lowest BCUT2D eigenvalue weighted by atomic mass is 9.54. The number of hydrogen-bond acceptors (Lipinski definition) is 1. The summed E-state index contributed by atoms with van der Waals surface area (Å²) in [6.07, 6.45) is 10.9. The Bertz CT molecular complexity index is 231. The average Bonchev–Trinajstić information content (AvgIpc) is 2.69. The van der Waals surface area contributed by atoms with Gasteiger partial charge in [-0.1, -0.05) is 0 Å². The van der Waals surface area contributed by atoms with E-state index in [9.17, 15) is 0 Å². The standard InChI is InChI=1S/C14H23N.ClH/c1-2-4-15(3-1)14-12-6-10-5-11(8-12)9-13(14)7-10;/h10-14H,1-9H2;1H. The number of likely N-dealkylation sites (tertiary alicyclic amines) is 1. The van der Waals surface area contributed by atoms with Crippen molar-refractivity contribution in [2.75, 3.05) is 13.1 Å². The summed E-state index contributed by atoms with van der Waals surface area (Å²) >= 11 is 0. The molecule has 16 heavy (non-hydrogen) atoms. The van der Waals surface area contributed by atoms with Crippen LogP contribution in [0.4, 0.5) is 0 Å². The summed E-state index contributed by atoms with van der Waals surface area (Å²) in [4.78, 5) is 2.87. The molecule has 4 aliphatic carbocycles. The van der Waals surface area contributed by atoms with Crippen molar-refractivity contribution in [2.45, 2.75) is 51.0 Å². The molecule has 0 spiro atoms. The van der Waals surface area contributed by atoms with Gasteiger partial charge in [-0.15, -0.1) is 12.4 Å². The molecule has 0 aromatic carbocycles. The molecule has 4 saturated carbocycles. The molecule has 5 fully saturated rings. The summed E-state index contributed by atoms with van der Waals surface area (Å²) in [7, 11) is 0. The zero-order chi connectivity index (χ0) is 9.83. The lowest BCUT2D eigenvalue weighted by Crippen LogP contribution is -2.55. The molecule has 1 heterocycles. The quantitative estimate of drug-likeness (QED) is 0.681. The van der Waals surface area contributed by atoms with Gasteiger partial charge >= 0.3 is 0 Å². The van der Waals surface area contributed by atoms with Crippen molar-refractivity contribution >= 4 is 12.4 Å². The van der Waals surface area contributed by atoms with Crippen molar-refractivity contribution in [3.05, 3.63) is 0 Å². The van der Waals surface area contributed by atoms with E-state index in [0.717, 1.165) is 29.7 Å². The average molecular weight is 242 g/mol. The molecule has 0 atom stereocenters. The first-order valence-electron chi connectivity index (χ1n) is 7.14. The van der Waals surface area contributed by atoms with Crippen LogP contribution < -0.4 is 0 Å². The SMILES string of the molecule is C1CCN(C2C3CC4CC(C3)CC2C4)C1.Cl. The summed E-state index contributed by atoms with van der Waals surface area (Å²) < 4.78 is 0. The normalized spacial score (nSPS) is 50.6. The van der Waals surface area contributed by atoms with Crippen LogP contribution >= 0.6 is 12.4 Å². The van der Waals surface area contributed by atoms with Crippen LogP contribution in [0.3, 0.4) is 0 Å². The molecule has 1 aliphatic heterocycles. The minimum absolute atomic E-state index is 0. The van der Waals surface area contributed by atoms with E-state index in [0.29, 0.717) is 0 Å². The van der Waals surface area contributed by atoms with E-state index in [-0.39, 0.29) is 12.4 Å². The maximum Gasteiger partial charge on any atom is 0.0152 e. The summed E-state index contributed by atoms with van der Waals surface area (Å²) in [5.41, 5.74) is 0. The van der Waals surface area contributed by atoms with Crippen LogP contribution in [0.15, 0.2) is 0 Å². The Balaban J connectivity index is 0.000000810. The zero-order valence-corrected chi connectivity index (χ0v) is 10.9. The molecule has 92 valence electrons. The highest BCUT2D eigenvalue weighted by atomic mass is 35.5. The molecule has 1 saturated heterocycles. The molecule has 4 bridgehead atoms. The summed E-state index contributed by atoms with van der Waals surface area (Å²) in [5.74, 6) is 4.51. The van der Waals surface area contributed by atoms with E-state index in [2.05, 4.69) is 4.90 Å². The highest BCUT2D eigenvalue weighted by Gasteiger charge is 2.50. The van der Waals surface area contributed by atoms with E-state index >= 15 is 0 Å². The van der Waals surface area contributed by atoms with Crippen LogP contribution in [0.2, 0.25) is 0 Å². The largest absolute Gasteiger partial charge is 0.300 e. The van der Waals surface area contributed by atoms with Gasteiger partial charge in [-0.05, 0) is 81.7 Å². The first-order valence-corrected chi connectivity index (χ1v) is 7.14. The van der Waals surface area contributed by atoms with Crippen molar-refractivity contribution in [2.24, 2.45) is 23.7 Å². The first-order chi connectivity index (χ1) is 7.40. The topological polar surface area (TPSA) is 3.24 Å². The van der Waals surface area contributed by atoms with Crippen LogP contribution in [0, 0.1) is 23.7 Å². The van der Waals surface area contributed by atoms with Gasteiger partial charge in [0, 0.05) is 6.04 Å². The van der Waals surface area contributed by atoms with E-state index in [1.165, 1.54) is 25.9 Å². The summed E-state index contributed by atoms with van der Waals surface area (Å²) in [6.45, 7) is 2.85. The van der Waals surface area contributed by atoms with E-state index in [1.54, 1.807) is 32.1 Å². The molecule has 5 rings (SSSR count). The fourth-order valence-electron chi connectivity index (χ4n) is 5.53. The van der Waals surface area contributed by atoms with Crippen molar-refractivity contribution in [3.63, 3.8) is 0 Å². The highest BCUT2D eigenvalue weighted by molar-refractivity contribution is 5.85. The van der Waals surface area contributed by atoms with E-state index in [1.807, 2.05) is 0 Å². The van der Waals surface area contributed by atoms with Gasteiger partial charge in [0.25, 0.3) is 0 Å². The second-order valence-corrected chi connectivity index (χ2v) is 6.66. The number of rotatable bonds is 1. The molecular formula is C14H24ClN. The van der Waals surface area contributed by atoms with Crippen molar-refractivity contribution < 1.29 is 0 Å². The number of nitrogens with zero attached hydrogens (tertiary/aromatic N) is 1. The third-order valence-electron chi connectivity index (χ3n) is 5.74. The predicted octanol–water partition coefficient (Wildman–Crippen LogP) is 3.33. The lowest BCUT2D eigenvalue weighted by molar-refractivity contribution is -0.0582. The molecule has 2 heteroatoms. The van der Waals surface area contributed by atoms with E-state index in [4.69, 9.17) is 0 Å². The molecule has 0 aromatic heterocycles. The fourth-order valence-corrected chi connectivity index (χ4v) is 5.53. The number of halogens is 1. The maximum atomic E-state index is 2.87. The Morgan fingerprint density at radius 1 is 0.688 bits per heavy atom. The second kappa shape index (κ2) is 4.17. The third kappa shape index (κ3) is 1.62. The molecule has 5 aliphatic rings. The van der Waals surface area contributed by atoms with Gasteiger partial charge in [0.15, 0.2) is 0 Å². The molecule has 1 nitrogen and oxygen atoms in total. The van der Waals surface area contributed by atoms with Gasteiger partial charge < -0.3 is 0 Å². The minimum Gasteiger partial charge on any atom is -0.300 e. The molecular weight excluding hydrogens is 218 g/mol.